The van der Waals surface area contributed by atoms with Crippen molar-refractivity contribution in [1.29, 1.82) is 0 Å². The summed E-state index contributed by atoms with van der Waals surface area (Å²) in [6.07, 6.45) is 2.42. The highest BCUT2D eigenvalue weighted by molar-refractivity contribution is 5.91. The monoisotopic (exact) mass is 374 g/mol. The maximum Gasteiger partial charge on any atom is 0.306 e. The SMILES string of the molecule is O=C(NCCn1cc([N+](=O)[O-])cn1)c1ccc(COc2ccc(F)cc2)o1. The van der Waals surface area contributed by atoms with E-state index >= 15 is 0 Å². The fourth-order valence-electron chi connectivity index (χ4n) is 2.20. The number of nitro groups is 1. The number of carbonyl (C=O) groups is 1. The Morgan fingerprint density at radius 1 is 1.30 bits per heavy atom. The summed E-state index contributed by atoms with van der Waals surface area (Å²) in [4.78, 5) is 22.1. The van der Waals surface area contributed by atoms with Gasteiger partial charge in [-0.05, 0) is 36.4 Å². The molecule has 10 heteroatoms. The zero-order chi connectivity index (χ0) is 19.2. The van der Waals surface area contributed by atoms with Crippen LogP contribution < -0.4 is 10.1 Å². The van der Waals surface area contributed by atoms with Crippen LogP contribution in [-0.2, 0) is 13.2 Å². The lowest BCUT2D eigenvalue weighted by Crippen LogP contribution is -2.27. The van der Waals surface area contributed by atoms with Crippen molar-refractivity contribution >= 4 is 11.6 Å². The highest BCUT2D eigenvalue weighted by atomic mass is 19.1. The van der Waals surface area contributed by atoms with Gasteiger partial charge in [0.25, 0.3) is 5.91 Å². The van der Waals surface area contributed by atoms with Gasteiger partial charge in [-0.25, -0.2) is 4.39 Å². The molecule has 3 rings (SSSR count). The Hall–Kier alpha value is -3.69. The minimum Gasteiger partial charge on any atom is -0.486 e. The average Bonchev–Trinajstić information content (AvgIpc) is 3.31. The lowest BCUT2D eigenvalue weighted by Gasteiger charge is -2.04. The van der Waals surface area contributed by atoms with Gasteiger partial charge >= 0.3 is 5.69 Å². The summed E-state index contributed by atoms with van der Waals surface area (Å²) in [6, 6.07) is 8.67. The third-order valence-corrected chi connectivity index (χ3v) is 3.54. The summed E-state index contributed by atoms with van der Waals surface area (Å²) in [5.74, 6) is 0.243. The summed E-state index contributed by atoms with van der Waals surface area (Å²) in [6.45, 7) is 0.594. The molecule has 0 saturated carbocycles. The number of hydrogen-bond acceptors (Lipinski definition) is 6. The standard InChI is InChI=1S/C17H15FN4O5/c18-12-1-3-14(4-2-12)26-11-15-5-6-16(27-15)17(23)19-7-8-21-10-13(9-20-21)22(24)25/h1-6,9-10H,7-8,11H2,(H,19,23). The number of hydrogen-bond donors (Lipinski definition) is 1. The van der Waals surface area contributed by atoms with Crippen molar-refractivity contribution in [1.82, 2.24) is 15.1 Å². The summed E-state index contributed by atoms with van der Waals surface area (Å²) >= 11 is 0. The predicted molar refractivity (Wildman–Crippen MR) is 90.7 cm³/mol. The van der Waals surface area contributed by atoms with Gasteiger partial charge in [-0.1, -0.05) is 0 Å². The van der Waals surface area contributed by atoms with Crippen LogP contribution in [0.3, 0.4) is 0 Å². The Morgan fingerprint density at radius 3 is 2.78 bits per heavy atom. The van der Waals surface area contributed by atoms with Crippen molar-refractivity contribution in [3.05, 3.63) is 76.2 Å². The van der Waals surface area contributed by atoms with Crippen LogP contribution in [0, 0.1) is 15.9 Å². The van der Waals surface area contributed by atoms with Crippen LogP contribution in [-0.4, -0.2) is 27.2 Å². The maximum atomic E-state index is 12.8. The molecule has 1 amide bonds. The van der Waals surface area contributed by atoms with Crippen molar-refractivity contribution in [2.24, 2.45) is 0 Å². The lowest BCUT2D eigenvalue weighted by molar-refractivity contribution is -0.385. The van der Waals surface area contributed by atoms with Crippen LogP contribution in [0.15, 0.2) is 53.2 Å². The number of aromatic nitrogens is 2. The van der Waals surface area contributed by atoms with Crippen LogP contribution in [0.4, 0.5) is 10.1 Å². The van der Waals surface area contributed by atoms with Gasteiger partial charge in [0.2, 0.25) is 0 Å². The van der Waals surface area contributed by atoms with E-state index < -0.39 is 10.8 Å². The van der Waals surface area contributed by atoms with Crippen molar-refractivity contribution in [2.75, 3.05) is 6.54 Å². The molecule has 0 saturated heterocycles. The highest BCUT2D eigenvalue weighted by Gasteiger charge is 2.12. The third-order valence-electron chi connectivity index (χ3n) is 3.54. The topological polar surface area (TPSA) is 112 Å². The number of furan rings is 1. The molecule has 0 fully saturated rings. The Morgan fingerprint density at radius 2 is 2.07 bits per heavy atom. The molecule has 140 valence electrons. The molecule has 0 unspecified atom stereocenters. The van der Waals surface area contributed by atoms with E-state index in [0.717, 1.165) is 6.20 Å². The first-order valence-corrected chi connectivity index (χ1v) is 7.93. The fraction of sp³-hybridized carbons (Fsp3) is 0.176. The molecule has 0 atom stereocenters. The van der Waals surface area contributed by atoms with Crippen molar-refractivity contribution in [3.8, 4) is 5.75 Å². The first kappa shape index (κ1) is 18.1. The second-order valence-corrected chi connectivity index (χ2v) is 5.48. The fourth-order valence-corrected chi connectivity index (χ4v) is 2.20. The zero-order valence-corrected chi connectivity index (χ0v) is 14.0. The Labute approximate surface area is 152 Å². The van der Waals surface area contributed by atoms with Gasteiger partial charge in [-0.15, -0.1) is 0 Å². The molecule has 2 aromatic heterocycles. The van der Waals surface area contributed by atoms with Gasteiger partial charge in [0.05, 0.1) is 11.5 Å². The average molecular weight is 374 g/mol. The molecule has 0 aliphatic carbocycles. The minimum absolute atomic E-state index is 0.0931. The van der Waals surface area contributed by atoms with Crippen LogP contribution in [0.1, 0.15) is 16.3 Å². The highest BCUT2D eigenvalue weighted by Crippen LogP contribution is 2.15. The van der Waals surface area contributed by atoms with E-state index in [2.05, 4.69) is 10.4 Å². The van der Waals surface area contributed by atoms with E-state index in [4.69, 9.17) is 9.15 Å². The van der Waals surface area contributed by atoms with Crippen LogP contribution >= 0.6 is 0 Å². The number of amides is 1. The van der Waals surface area contributed by atoms with Crippen molar-refractivity contribution < 1.29 is 23.3 Å². The van der Waals surface area contributed by atoms with Crippen LogP contribution in [0.5, 0.6) is 5.75 Å². The van der Waals surface area contributed by atoms with E-state index in [1.165, 1.54) is 41.2 Å². The van der Waals surface area contributed by atoms with Crippen LogP contribution in [0.2, 0.25) is 0 Å². The Kier molecular flexibility index (Phi) is 5.45. The Balaban J connectivity index is 1.46. The largest absolute Gasteiger partial charge is 0.486 e. The molecular formula is C17H15FN4O5. The third kappa shape index (κ3) is 4.91. The summed E-state index contributed by atoms with van der Waals surface area (Å²) in [5, 5.41) is 17.0. The molecule has 0 aliphatic heterocycles. The Bertz CT molecular complexity index is 935. The van der Waals surface area contributed by atoms with E-state index in [1.54, 1.807) is 6.07 Å². The maximum absolute atomic E-state index is 12.8. The quantitative estimate of drug-likeness (QED) is 0.479. The van der Waals surface area contributed by atoms with Crippen molar-refractivity contribution in [3.63, 3.8) is 0 Å². The lowest BCUT2D eigenvalue weighted by atomic mass is 10.3. The van der Waals surface area contributed by atoms with E-state index in [1.807, 2.05) is 0 Å². The zero-order valence-electron chi connectivity index (χ0n) is 14.0. The molecule has 2 heterocycles. The molecule has 0 bridgehead atoms. The van der Waals surface area contributed by atoms with Gasteiger partial charge < -0.3 is 14.5 Å². The first-order valence-electron chi connectivity index (χ1n) is 7.93. The predicted octanol–water partition coefficient (Wildman–Crippen LogP) is 2.53. The number of ether oxygens (including phenoxy) is 1. The molecular weight excluding hydrogens is 359 g/mol. The number of halogens is 1. The molecule has 27 heavy (non-hydrogen) atoms. The van der Waals surface area contributed by atoms with Crippen molar-refractivity contribution in [2.45, 2.75) is 13.2 Å². The molecule has 0 spiro atoms. The van der Waals surface area contributed by atoms with Gasteiger partial charge in [0.1, 0.15) is 36.3 Å². The first-order chi connectivity index (χ1) is 13.0. The summed E-state index contributed by atoms with van der Waals surface area (Å²) in [5.41, 5.74) is -0.113. The van der Waals surface area contributed by atoms with E-state index in [-0.39, 0.29) is 37.0 Å². The number of carbonyl (C=O) groups excluding carboxylic acids is 1. The van der Waals surface area contributed by atoms with E-state index in [9.17, 15) is 19.3 Å². The normalized spacial score (nSPS) is 10.6. The molecule has 9 nitrogen and oxygen atoms in total. The van der Waals surface area contributed by atoms with Crippen LogP contribution in [0.25, 0.3) is 0 Å². The van der Waals surface area contributed by atoms with Gasteiger partial charge in [0, 0.05) is 6.54 Å². The molecule has 3 aromatic rings. The number of benzene rings is 1. The van der Waals surface area contributed by atoms with E-state index in [0.29, 0.717) is 11.5 Å². The van der Waals surface area contributed by atoms with Gasteiger partial charge in [-0.3, -0.25) is 19.6 Å². The number of nitrogens with zero attached hydrogens (tertiary/aromatic N) is 3. The smallest absolute Gasteiger partial charge is 0.306 e. The summed E-state index contributed by atoms with van der Waals surface area (Å²) < 4.78 is 25.0. The number of nitrogens with one attached hydrogen (secondary N) is 1. The summed E-state index contributed by atoms with van der Waals surface area (Å²) in [7, 11) is 0. The van der Waals surface area contributed by atoms with Gasteiger partial charge in [0.15, 0.2) is 5.76 Å². The molecule has 1 aromatic carbocycles. The number of rotatable bonds is 8. The minimum atomic E-state index is -0.541. The second-order valence-electron chi connectivity index (χ2n) is 5.48. The van der Waals surface area contributed by atoms with Gasteiger partial charge in [-0.2, -0.15) is 5.10 Å². The molecule has 0 radical (unpaired) electrons. The second kappa shape index (κ2) is 8.13. The molecule has 1 N–H and O–H groups in total. The molecule has 0 aliphatic rings.